The van der Waals surface area contributed by atoms with Crippen molar-refractivity contribution in [1.29, 1.82) is 5.26 Å². The van der Waals surface area contributed by atoms with Crippen LogP contribution in [0.25, 0.3) is 0 Å². The van der Waals surface area contributed by atoms with Gasteiger partial charge in [-0.15, -0.1) is 0 Å². The van der Waals surface area contributed by atoms with Crippen LogP contribution in [0.3, 0.4) is 0 Å². The van der Waals surface area contributed by atoms with Crippen LogP contribution >= 0.6 is 0 Å². The third-order valence-corrected chi connectivity index (χ3v) is 17.9. The maximum atomic E-state index is 12.2. The summed E-state index contributed by atoms with van der Waals surface area (Å²) in [6, 6.07) is 6.29. The first-order chi connectivity index (χ1) is 22.6. The van der Waals surface area contributed by atoms with Crippen molar-refractivity contribution in [3.63, 3.8) is 0 Å². The summed E-state index contributed by atoms with van der Waals surface area (Å²) in [5.74, 6) is 3.82. The summed E-state index contributed by atoms with van der Waals surface area (Å²) in [5, 5.41) is 20.9. The molecule has 0 spiro atoms. The molecule has 4 bridgehead atoms. The van der Waals surface area contributed by atoms with Gasteiger partial charge in [-0.05, 0) is 118 Å². The Morgan fingerprint density at radius 2 is 1.77 bits per heavy atom. The smallest absolute Gasteiger partial charge is 0.224 e. The number of anilines is 2. The van der Waals surface area contributed by atoms with E-state index < -0.39 is 18.2 Å². The second-order valence-electron chi connectivity index (χ2n) is 16.9. The normalized spacial score (nSPS) is 30.2. The van der Waals surface area contributed by atoms with Crippen molar-refractivity contribution < 1.29 is 12.8 Å². The molecule has 2 heterocycles. The highest BCUT2D eigenvalue weighted by Crippen LogP contribution is 2.60. The number of hydrogen-bond donors (Lipinski definition) is 3. The predicted molar refractivity (Wildman–Crippen MR) is 192 cm³/mol. The van der Waals surface area contributed by atoms with Crippen LogP contribution in [0.4, 0.5) is 11.8 Å². The molecule has 0 amide bonds. The summed E-state index contributed by atoms with van der Waals surface area (Å²) in [7, 11) is -5.18. The zero-order chi connectivity index (χ0) is 34.3. The fourth-order valence-corrected chi connectivity index (χ4v) is 11.4. The maximum Gasteiger partial charge on any atom is 0.224 e. The second-order valence-corrected chi connectivity index (χ2v) is 23.6. The zero-order valence-electron chi connectivity index (χ0n) is 29.7. The van der Waals surface area contributed by atoms with E-state index in [9.17, 15) is 13.7 Å². The van der Waals surface area contributed by atoms with Crippen LogP contribution in [0.5, 0.6) is 0 Å². The van der Waals surface area contributed by atoms with Crippen molar-refractivity contribution in [3.05, 3.63) is 35.7 Å². The van der Waals surface area contributed by atoms with E-state index in [4.69, 9.17) is 4.43 Å². The molecule has 262 valence electrons. The lowest BCUT2D eigenvalue weighted by molar-refractivity contribution is -0.0704. The first kappa shape index (κ1) is 35.2. The van der Waals surface area contributed by atoms with Crippen molar-refractivity contribution in [2.75, 3.05) is 30.0 Å². The van der Waals surface area contributed by atoms with Crippen LogP contribution in [-0.4, -0.2) is 63.2 Å². The molecule has 0 saturated heterocycles. The lowest BCUT2D eigenvalue weighted by Gasteiger charge is -2.60. The minimum Gasteiger partial charge on any atom is -0.414 e. The summed E-state index contributed by atoms with van der Waals surface area (Å²) in [6.07, 6.45) is 15.9. The van der Waals surface area contributed by atoms with Gasteiger partial charge in [0.1, 0.15) is 17.5 Å². The van der Waals surface area contributed by atoms with Crippen LogP contribution in [-0.2, 0) is 20.8 Å². The fourth-order valence-electron chi connectivity index (χ4n) is 9.11. The van der Waals surface area contributed by atoms with Crippen molar-refractivity contribution in [2.45, 2.75) is 120 Å². The van der Waals surface area contributed by atoms with E-state index in [2.05, 4.69) is 70.8 Å². The van der Waals surface area contributed by atoms with Crippen molar-refractivity contribution in [3.8, 4) is 6.07 Å². The van der Waals surface area contributed by atoms with Crippen LogP contribution in [0, 0.1) is 40.4 Å². The lowest BCUT2D eigenvalue weighted by Crippen LogP contribution is -2.60. The number of hydrogen-bond acceptors (Lipinski definition) is 10. The second kappa shape index (κ2) is 13.6. The van der Waals surface area contributed by atoms with Crippen LogP contribution in [0.1, 0.15) is 89.7 Å². The first-order valence-electron chi connectivity index (χ1n) is 17.9. The number of nitrogens with zero attached hydrogens (tertiary/aromatic N) is 4. The molecular weight excluding hydrogens is 639 g/mol. The van der Waals surface area contributed by atoms with E-state index in [0.29, 0.717) is 46.9 Å². The molecule has 10 nitrogen and oxygen atoms in total. The molecule has 3 N–H and O–H groups in total. The summed E-state index contributed by atoms with van der Waals surface area (Å²) in [6.45, 7) is 13.9. The molecule has 3 unspecified atom stereocenters. The number of sulfone groups is 1. The number of nitriles is 1. The Labute approximate surface area is 288 Å². The van der Waals surface area contributed by atoms with Crippen molar-refractivity contribution >= 4 is 29.9 Å². The highest BCUT2D eigenvalue weighted by Gasteiger charge is 2.55. The average Bonchev–Trinajstić information content (AvgIpc) is 3.02. The number of rotatable bonds is 12. The standard InChI is InChI=1S/C36H55N7O3SSi/c1-35(2,3)48(5,6)46-30-11-9-24(10-12-30)20-39-31-27-14-25-15-28(31)18-36(16-25,17-27)23-42-32-29(19-37)22-41-34(43-32)40-21-26-8-7-13-38-33(26)47(4,44)45/h7-8,13,22,24-25,27-28,30-31,39H,9-12,14-18,20-21,23H2,1-6H3,(H2,40,41,42,43)/t24?,25?,27-,28+,30?,31?,36?. The summed E-state index contributed by atoms with van der Waals surface area (Å²) in [4.78, 5) is 13.0. The minimum absolute atomic E-state index is 0.0400. The quantitative estimate of drug-likeness (QED) is 0.210. The molecule has 5 aliphatic carbocycles. The molecule has 48 heavy (non-hydrogen) atoms. The van der Waals surface area contributed by atoms with Crippen molar-refractivity contribution in [2.24, 2.45) is 29.1 Å². The van der Waals surface area contributed by atoms with E-state index in [1.165, 1.54) is 70.2 Å². The number of nitrogens with one attached hydrogen (secondary N) is 3. The third kappa shape index (κ3) is 7.74. The average molecular weight is 694 g/mol. The number of pyridine rings is 1. The van der Waals surface area contributed by atoms with Gasteiger partial charge in [-0.1, -0.05) is 26.8 Å². The van der Waals surface area contributed by atoms with E-state index in [1.54, 1.807) is 12.1 Å². The molecule has 2 aromatic heterocycles. The van der Waals surface area contributed by atoms with Gasteiger partial charge in [0.05, 0.1) is 6.20 Å². The monoisotopic (exact) mass is 693 g/mol. The Kier molecular flexibility index (Phi) is 9.99. The van der Waals surface area contributed by atoms with Gasteiger partial charge in [-0.3, -0.25) is 0 Å². The molecule has 2 aromatic rings. The zero-order valence-corrected chi connectivity index (χ0v) is 31.5. The molecular formula is C36H55N7O3SSi. The Balaban J connectivity index is 1.03. The van der Waals surface area contributed by atoms with Gasteiger partial charge in [0.25, 0.3) is 0 Å². The Morgan fingerprint density at radius 3 is 2.42 bits per heavy atom. The van der Waals surface area contributed by atoms with Gasteiger partial charge in [0.15, 0.2) is 23.2 Å². The van der Waals surface area contributed by atoms with Gasteiger partial charge in [-0.25, -0.2) is 18.4 Å². The van der Waals surface area contributed by atoms with Gasteiger partial charge in [-0.2, -0.15) is 10.2 Å². The molecule has 0 radical (unpaired) electrons. The largest absolute Gasteiger partial charge is 0.414 e. The Bertz CT molecular complexity index is 1600. The summed E-state index contributed by atoms with van der Waals surface area (Å²) < 4.78 is 31.1. The minimum atomic E-state index is -3.47. The predicted octanol–water partition coefficient (Wildman–Crippen LogP) is 6.54. The van der Waals surface area contributed by atoms with Gasteiger partial charge < -0.3 is 20.4 Å². The molecule has 5 saturated carbocycles. The van der Waals surface area contributed by atoms with E-state index in [0.717, 1.165) is 31.2 Å². The molecule has 5 fully saturated rings. The van der Waals surface area contributed by atoms with Crippen LogP contribution in [0.15, 0.2) is 29.6 Å². The Morgan fingerprint density at radius 1 is 1.06 bits per heavy atom. The SMILES string of the molecule is CC(C)(C)[Si](C)(C)OC1CCC(CNC2[C@@H]3CC4C[C@H]2CC(CNc2nc(NCc5cccnc5S(C)(=O)=O)ncc2C#N)(C4)C3)CC1. The van der Waals surface area contributed by atoms with Crippen LogP contribution < -0.4 is 16.0 Å². The lowest BCUT2D eigenvalue weighted by atomic mass is 9.48. The number of aromatic nitrogens is 3. The van der Waals surface area contributed by atoms with Gasteiger partial charge in [0, 0.05) is 43.3 Å². The maximum absolute atomic E-state index is 12.2. The van der Waals surface area contributed by atoms with E-state index >= 15 is 0 Å². The fraction of sp³-hybridized carbons (Fsp3) is 0.722. The molecule has 5 aliphatic rings. The van der Waals surface area contributed by atoms with E-state index in [-0.39, 0.29) is 22.0 Å². The highest BCUT2D eigenvalue weighted by molar-refractivity contribution is 7.90. The summed E-state index contributed by atoms with van der Waals surface area (Å²) >= 11 is 0. The van der Waals surface area contributed by atoms with Gasteiger partial charge in [0.2, 0.25) is 5.95 Å². The highest BCUT2D eigenvalue weighted by atomic mass is 32.2. The van der Waals surface area contributed by atoms with Crippen LogP contribution in [0.2, 0.25) is 18.1 Å². The molecule has 0 aromatic carbocycles. The Hall–Kier alpha value is -2.59. The molecule has 7 rings (SSSR count). The summed E-state index contributed by atoms with van der Waals surface area (Å²) in [5.41, 5.74) is 1.18. The topological polar surface area (TPSA) is 142 Å². The molecule has 12 heteroatoms. The van der Waals surface area contributed by atoms with Crippen molar-refractivity contribution in [1.82, 2.24) is 20.3 Å². The molecule has 5 atom stereocenters. The van der Waals surface area contributed by atoms with Gasteiger partial charge >= 0.3 is 0 Å². The molecule has 0 aliphatic heterocycles. The first-order valence-corrected chi connectivity index (χ1v) is 22.7. The third-order valence-electron chi connectivity index (χ3n) is 12.3. The van der Waals surface area contributed by atoms with E-state index in [1.807, 2.05) is 0 Å².